The van der Waals surface area contributed by atoms with Crippen molar-refractivity contribution in [2.45, 2.75) is 27.3 Å². The lowest BCUT2D eigenvalue weighted by Gasteiger charge is -2.17. The molecule has 0 saturated carbocycles. The summed E-state index contributed by atoms with van der Waals surface area (Å²) in [6, 6.07) is 17.3. The summed E-state index contributed by atoms with van der Waals surface area (Å²) in [5.74, 6) is -0.664. The Morgan fingerprint density at radius 1 is 1.04 bits per heavy atom. The van der Waals surface area contributed by atoms with Gasteiger partial charge in [-0.3, -0.25) is 4.79 Å². The number of anilines is 1. The lowest BCUT2D eigenvalue weighted by Crippen LogP contribution is -2.26. The highest BCUT2D eigenvalue weighted by molar-refractivity contribution is 6.34. The Morgan fingerprint density at radius 2 is 1.69 bits per heavy atom. The summed E-state index contributed by atoms with van der Waals surface area (Å²) in [7, 11) is 0. The molecule has 1 amide bonds. The largest absolute Gasteiger partial charge is 0.462 e. The molecule has 1 heterocycles. The van der Waals surface area contributed by atoms with E-state index < -0.39 is 5.97 Å². The van der Waals surface area contributed by atoms with Crippen LogP contribution in [-0.4, -0.2) is 18.5 Å². The molecule has 1 aliphatic heterocycles. The summed E-state index contributed by atoms with van der Waals surface area (Å²) in [5, 5.41) is 0. The molecule has 4 nitrogen and oxygen atoms in total. The first-order valence-corrected chi connectivity index (χ1v) is 8.69. The number of rotatable bonds is 4. The SMILES string of the molecule is CC(C)(C)COC(=O)/C=C1/C(=O)N(Cc2ccccc2)c2ccccc21. The summed E-state index contributed by atoms with van der Waals surface area (Å²) in [5.41, 5.74) is 2.88. The van der Waals surface area contributed by atoms with Crippen molar-refractivity contribution in [3.8, 4) is 0 Å². The van der Waals surface area contributed by atoms with Crippen LogP contribution in [0.3, 0.4) is 0 Å². The first-order valence-electron chi connectivity index (χ1n) is 8.69. The summed E-state index contributed by atoms with van der Waals surface area (Å²) in [6.45, 7) is 6.74. The zero-order valence-corrected chi connectivity index (χ0v) is 15.4. The van der Waals surface area contributed by atoms with Crippen LogP contribution < -0.4 is 4.90 Å². The lowest BCUT2D eigenvalue weighted by molar-refractivity contribution is -0.140. The first-order chi connectivity index (χ1) is 12.3. The Bertz CT molecular complexity index is 847. The lowest BCUT2D eigenvalue weighted by atomic mass is 9.99. The average Bonchev–Trinajstić information content (AvgIpc) is 2.86. The van der Waals surface area contributed by atoms with E-state index >= 15 is 0 Å². The normalized spacial score (nSPS) is 15.3. The Morgan fingerprint density at radius 3 is 2.38 bits per heavy atom. The van der Waals surface area contributed by atoms with Gasteiger partial charge in [-0.1, -0.05) is 69.3 Å². The average molecular weight is 349 g/mol. The van der Waals surface area contributed by atoms with Crippen LogP contribution in [0.1, 0.15) is 31.9 Å². The highest BCUT2D eigenvalue weighted by atomic mass is 16.5. The van der Waals surface area contributed by atoms with Gasteiger partial charge in [0, 0.05) is 11.6 Å². The van der Waals surface area contributed by atoms with Gasteiger partial charge in [0.1, 0.15) is 0 Å². The van der Waals surface area contributed by atoms with Crippen LogP contribution >= 0.6 is 0 Å². The summed E-state index contributed by atoms with van der Waals surface area (Å²) in [6.07, 6.45) is 1.32. The van der Waals surface area contributed by atoms with E-state index in [1.807, 2.05) is 75.4 Å². The maximum Gasteiger partial charge on any atom is 0.331 e. The molecule has 0 saturated heterocycles. The third kappa shape index (κ3) is 4.02. The molecule has 0 aliphatic carbocycles. The van der Waals surface area contributed by atoms with Gasteiger partial charge in [0.25, 0.3) is 5.91 Å². The van der Waals surface area contributed by atoms with Crippen LogP contribution in [0.4, 0.5) is 5.69 Å². The highest BCUT2D eigenvalue weighted by Crippen LogP contribution is 2.37. The van der Waals surface area contributed by atoms with Gasteiger partial charge in [0.15, 0.2) is 0 Å². The Kier molecular flexibility index (Phi) is 4.94. The van der Waals surface area contributed by atoms with Gasteiger partial charge < -0.3 is 9.64 Å². The third-order valence-electron chi connectivity index (χ3n) is 4.05. The van der Waals surface area contributed by atoms with Gasteiger partial charge in [-0.2, -0.15) is 0 Å². The standard InChI is InChI=1S/C22H23NO3/c1-22(2,3)15-26-20(24)13-18-17-11-7-8-12-19(17)23(21(18)25)14-16-9-5-4-6-10-16/h4-13H,14-15H2,1-3H3/b18-13+. The number of carbonyl (C=O) groups excluding carboxylic acids is 2. The molecule has 0 radical (unpaired) electrons. The number of hydrogen-bond donors (Lipinski definition) is 0. The van der Waals surface area contributed by atoms with E-state index in [4.69, 9.17) is 4.74 Å². The predicted molar refractivity (Wildman–Crippen MR) is 102 cm³/mol. The quantitative estimate of drug-likeness (QED) is 0.614. The molecule has 0 fully saturated rings. The van der Waals surface area contributed by atoms with Crippen LogP contribution in [0.5, 0.6) is 0 Å². The zero-order valence-electron chi connectivity index (χ0n) is 15.4. The third-order valence-corrected chi connectivity index (χ3v) is 4.05. The van der Waals surface area contributed by atoms with E-state index in [-0.39, 0.29) is 11.3 Å². The number of ether oxygens (including phenoxy) is 1. The van der Waals surface area contributed by atoms with Gasteiger partial charge in [0.2, 0.25) is 0 Å². The second kappa shape index (κ2) is 7.16. The van der Waals surface area contributed by atoms with Crippen molar-refractivity contribution in [2.75, 3.05) is 11.5 Å². The van der Waals surface area contributed by atoms with E-state index in [1.165, 1.54) is 6.08 Å². The molecule has 0 atom stereocenters. The van der Waals surface area contributed by atoms with Crippen molar-refractivity contribution in [3.63, 3.8) is 0 Å². The number of amides is 1. The number of hydrogen-bond acceptors (Lipinski definition) is 3. The fourth-order valence-electron chi connectivity index (χ4n) is 2.82. The summed E-state index contributed by atoms with van der Waals surface area (Å²) < 4.78 is 5.30. The van der Waals surface area contributed by atoms with Gasteiger partial charge in [-0.25, -0.2) is 4.79 Å². The summed E-state index contributed by atoms with van der Waals surface area (Å²) >= 11 is 0. The molecule has 0 aromatic heterocycles. The first kappa shape index (κ1) is 17.9. The van der Waals surface area contributed by atoms with Gasteiger partial charge >= 0.3 is 5.97 Å². The molecule has 134 valence electrons. The molecule has 3 rings (SSSR count). The monoisotopic (exact) mass is 349 g/mol. The van der Waals surface area contributed by atoms with Crippen LogP contribution in [-0.2, 0) is 20.9 Å². The van der Waals surface area contributed by atoms with Crippen molar-refractivity contribution in [2.24, 2.45) is 5.41 Å². The van der Waals surface area contributed by atoms with Crippen molar-refractivity contribution in [3.05, 3.63) is 71.8 Å². The van der Waals surface area contributed by atoms with E-state index in [2.05, 4.69) is 0 Å². The van der Waals surface area contributed by atoms with E-state index in [9.17, 15) is 9.59 Å². The molecule has 4 heteroatoms. The van der Waals surface area contributed by atoms with Gasteiger partial charge in [-0.05, 0) is 17.0 Å². The maximum atomic E-state index is 13.0. The zero-order chi connectivity index (χ0) is 18.7. The molecule has 0 unspecified atom stereocenters. The van der Waals surface area contributed by atoms with Crippen molar-refractivity contribution in [1.29, 1.82) is 0 Å². The van der Waals surface area contributed by atoms with E-state index in [0.29, 0.717) is 18.7 Å². The molecule has 26 heavy (non-hydrogen) atoms. The highest BCUT2D eigenvalue weighted by Gasteiger charge is 2.32. The Labute approximate surface area is 154 Å². The minimum atomic E-state index is -0.486. The molecule has 2 aromatic carbocycles. The molecular weight excluding hydrogens is 326 g/mol. The molecule has 2 aromatic rings. The molecule has 0 bridgehead atoms. The number of carbonyl (C=O) groups is 2. The topological polar surface area (TPSA) is 46.6 Å². The van der Waals surface area contributed by atoms with E-state index in [0.717, 1.165) is 16.8 Å². The number of fused-ring (bicyclic) bond motifs is 1. The predicted octanol–water partition coefficient (Wildman–Crippen LogP) is 4.21. The van der Waals surface area contributed by atoms with Crippen LogP contribution in [0.15, 0.2) is 60.7 Å². The Hall–Kier alpha value is -2.88. The van der Waals surface area contributed by atoms with Gasteiger partial charge in [0.05, 0.1) is 24.4 Å². The molecule has 1 aliphatic rings. The number of benzene rings is 2. The molecule has 0 N–H and O–H groups in total. The Balaban J connectivity index is 1.87. The second-order valence-electron chi connectivity index (χ2n) is 7.62. The number of para-hydroxylation sites is 1. The fourth-order valence-corrected chi connectivity index (χ4v) is 2.82. The fraction of sp³-hybridized carbons (Fsp3) is 0.273. The van der Waals surface area contributed by atoms with Gasteiger partial charge in [-0.15, -0.1) is 0 Å². The van der Waals surface area contributed by atoms with E-state index in [1.54, 1.807) is 4.90 Å². The molecule has 0 spiro atoms. The smallest absolute Gasteiger partial charge is 0.331 e. The van der Waals surface area contributed by atoms with Crippen molar-refractivity contribution >= 4 is 23.1 Å². The van der Waals surface area contributed by atoms with Crippen LogP contribution in [0, 0.1) is 5.41 Å². The number of esters is 1. The summed E-state index contributed by atoms with van der Waals surface area (Å²) in [4.78, 5) is 26.9. The maximum absolute atomic E-state index is 13.0. The number of nitrogens with zero attached hydrogens (tertiary/aromatic N) is 1. The van der Waals surface area contributed by atoms with Crippen LogP contribution in [0.2, 0.25) is 0 Å². The molecular formula is C22H23NO3. The van der Waals surface area contributed by atoms with Crippen LogP contribution in [0.25, 0.3) is 5.57 Å². The minimum Gasteiger partial charge on any atom is -0.462 e. The second-order valence-corrected chi connectivity index (χ2v) is 7.62. The van der Waals surface area contributed by atoms with Crippen molar-refractivity contribution in [1.82, 2.24) is 0 Å². The van der Waals surface area contributed by atoms with Crippen molar-refractivity contribution < 1.29 is 14.3 Å². The minimum absolute atomic E-state index is 0.120.